The fourth-order valence-corrected chi connectivity index (χ4v) is 3.47. The Balaban J connectivity index is 1.68. The van der Waals surface area contributed by atoms with E-state index in [0.29, 0.717) is 6.04 Å². The van der Waals surface area contributed by atoms with Gasteiger partial charge in [-0.25, -0.2) is 4.98 Å². The van der Waals surface area contributed by atoms with Gasteiger partial charge in [0.05, 0.1) is 13.2 Å². The van der Waals surface area contributed by atoms with Crippen LogP contribution in [-0.4, -0.2) is 49.3 Å². The van der Waals surface area contributed by atoms with Gasteiger partial charge >= 0.3 is 0 Å². The highest BCUT2D eigenvalue weighted by molar-refractivity contribution is 5.40. The van der Waals surface area contributed by atoms with Crippen LogP contribution in [0, 0.1) is 5.92 Å². The van der Waals surface area contributed by atoms with Crippen molar-refractivity contribution in [2.75, 3.05) is 44.3 Å². The second-order valence-electron chi connectivity index (χ2n) is 6.60. The summed E-state index contributed by atoms with van der Waals surface area (Å²) in [5.41, 5.74) is 1.38. The maximum Gasteiger partial charge on any atom is 0.128 e. The summed E-state index contributed by atoms with van der Waals surface area (Å²) in [7, 11) is 0. The van der Waals surface area contributed by atoms with Gasteiger partial charge in [-0.15, -0.1) is 0 Å². The minimum absolute atomic E-state index is 0.568. The summed E-state index contributed by atoms with van der Waals surface area (Å²) in [6.45, 7) is 10.6. The summed E-state index contributed by atoms with van der Waals surface area (Å²) in [5.74, 6) is 1.82. The van der Waals surface area contributed by atoms with Crippen molar-refractivity contribution in [1.29, 1.82) is 0 Å². The van der Waals surface area contributed by atoms with E-state index in [9.17, 15) is 0 Å². The van der Waals surface area contributed by atoms with Crippen LogP contribution in [-0.2, 0) is 4.74 Å². The first-order valence-electron chi connectivity index (χ1n) is 8.27. The highest BCUT2D eigenvalue weighted by Crippen LogP contribution is 2.32. The quantitative estimate of drug-likeness (QED) is 0.852. The van der Waals surface area contributed by atoms with E-state index in [1.54, 1.807) is 0 Å². The number of hydrogen-bond acceptors (Lipinski definition) is 4. The Labute approximate surface area is 128 Å². The van der Waals surface area contributed by atoms with E-state index >= 15 is 0 Å². The third-order valence-electron chi connectivity index (χ3n) is 4.45. The van der Waals surface area contributed by atoms with E-state index in [0.717, 1.165) is 38.0 Å². The van der Waals surface area contributed by atoms with E-state index < -0.39 is 0 Å². The van der Waals surface area contributed by atoms with Crippen LogP contribution < -0.4 is 4.90 Å². The van der Waals surface area contributed by atoms with Crippen molar-refractivity contribution >= 4 is 5.82 Å². The Hall–Kier alpha value is -1.13. The average Bonchev–Trinajstić information content (AvgIpc) is 2.96. The fraction of sp³-hybridized carbons (Fsp3) is 0.706. The molecule has 4 nitrogen and oxygen atoms in total. The first-order chi connectivity index (χ1) is 10.2. The molecule has 4 heteroatoms. The number of aromatic nitrogens is 1. The second-order valence-corrected chi connectivity index (χ2v) is 6.60. The zero-order valence-corrected chi connectivity index (χ0v) is 13.3. The largest absolute Gasteiger partial charge is 0.378 e. The van der Waals surface area contributed by atoms with Crippen LogP contribution in [0.25, 0.3) is 0 Å². The molecule has 0 aliphatic carbocycles. The Morgan fingerprint density at radius 1 is 1.24 bits per heavy atom. The van der Waals surface area contributed by atoms with Gasteiger partial charge in [0.2, 0.25) is 0 Å². The van der Waals surface area contributed by atoms with Crippen molar-refractivity contribution in [3.8, 4) is 0 Å². The normalized spacial score (nSPS) is 24.0. The first kappa shape index (κ1) is 14.8. The maximum atomic E-state index is 5.40. The van der Waals surface area contributed by atoms with Gasteiger partial charge in [0, 0.05) is 31.9 Å². The van der Waals surface area contributed by atoms with E-state index in [1.165, 1.54) is 31.5 Å². The van der Waals surface area contributed by atoms with Crippen molar-refractivity contribution in [2.24, 2.45) is 5.92 Å². The van der Waals surface area contributed by atoms with Gasteiger partial charge in [-0.3, -0.25) is 4.90 Å². The molecule has 21 heavy (non-hydrogen) atoms. The van der Waals surface area contributed by atoms with Crippen LogP contribution >= 0.6 is 0 Å². The predicted molar refractivity (Wildman–Crippen MR) is 85.7 cm³/mol. The zero-order chi connectivity index (χ0) is 14.7. The van der Waals surface area contributed by atoms with Crippen molar-refractivity contribution in [3.63, 3.8) is 0 Å². The summed E-state index contributed by atoms with van der Waals surface area (Å²) in [5, 5.41) is 0. The summed E-state index contributed by atoms with van der Waals surface area (Å²) in [6.07, 6.45) is 4.67. The van der Waals surface area contributed by atoms with Gasteiger partial charge in [0.1, 0.15) is 5.82 Å². The van der Waals surface area contributed by atoms with Crippen LogP contribution in [0.2, 0.25) is 0 Å². The lowest BCUT2D eigenvalue weighted by Gasteiger charge is -2.29. The van der Waals surface area contributed by atoms with Gasteiger partial charge in [-0.05, 0) is 36.9 Å². The molecule has 1 aromatic rings. The predicted octanol–water partition coefficient (Wildman–Crippen LogP) is 2.71. The fourth-order valence-electron chi connectivity index (χ4n) is 3.47. The Bertz CT molecular complexity index is 440. The summed E-state index contributed by atoms with van der Waals surface area (Å²) in [4.78, 5) is 9.64. The lowest BCUT2D eigenvalue weighted by Crippen LogP contribution is -2.36. The molecule has 0 radical (unpaired) electrons. The van der Waals surface area contributed by atoms with Crippen LogP contribution in [0.1, 0.15) is 38.3 Å². The number of morpholine rings is 1. The molecule has 116 valence electrons. The molecule has 0 bridgehead atoms. The highest BCUT2D eigenvalue weighted by atomic mass is 16.5. The van der Waals surface area contributed by atoms with Crippen LogP contribution in [0.4, 0.5) is 5.82 Å². The molecule has 1 unspecified atom stereocenters. The van der Waals surface area contributed by atoms with Crippen LogP contribution in [0.5, 0.6) is 0 Å². The van der Waals surface area contributed by atoms with E-state index in [4.69, 9.17) is 9.72 Å². The van der Waals surface area contributed by atoms with E-state index in [1.807, 2.05) is 0 Å². The number of rotatable bonds is 4. The molecule has 2 aliphatic heterocycles. The summed E-state index contributed by atoms with van der Waals surface area (Å²) < 4.78 is 5.40. The zero-order valence-electron chi connectivity index (χ0n) is 13.3. The third kappa shape index (κ3) is 3.55. The Morgan fingerprint density at radius 2 is 2.05 bits per heavy atom. The topological polar surface area (TPSA) is 28.6 Å². The SMILES string of the molecule is CC(C)CN1CCCC1c1ccc(N2CCOCC2)nc1. The molecule has 2 aliphatic rings. The van der Waals surface area contributed by atoms with Gasteiger partial charge in [0.25, 0.3) is 0 Å². The van der Waals surface area contributed by atoms with Crippen molar-refractivity contribution in [1.82, 2.24) is 9.88 Å². The number of hydrogen-bond donors (Lipinski definition) is 0. The number of nitrogens with zero attached hydrogens (tertiary/aromatic N) is 3. The summed E-state index contributed by atoms with van der Waals surface area (Å²) >= 11 is 0. The monoisotopic (exact) mass is 289 g/mol. The minimum Gasteiger partial charge on any atom is -0.378 e. The van der Waals surface area contributed by atoms with Crippen molar-refractivity contribution in [2.45, 2.75) is 32.7 Å². The molecular weight excluding hydrogens is 262 g/mol. The van der Waals surface area contributed by atoms with Crippen molar-refractivity contribution < 1.29 is 4.74 Å². The van der Waals surface area contributed by atoms with Crippen LogP contribution in [0.3, 0.4) is 0 Å². The van der Waals surface area contributed by atoms with E-state index in [-0.39, 0.29) is 0 Å². The molecule has 1 atom stereocenters. The number of anilines is 1. The molecule has 2 saturated heterocycles. The Morgan fingerprint density at radius 3 is 2.71 bits per heavy atom. The summed E-state index contributed by atoms with van der Waals surface area (Å²) in [6, 6.07) is 5.03. The molecule has 0 N–H and O–H groups in total. The number of pyridine rings is 1. The highest BCUT2D eigenvalue weighted by Gasteiger charge is 2.26. The molecule has 0 aromatic carbocycles. The maximum absolute atomic E-state index is 5.40. The third-order valence-corrected chi connectivity index (χ3v) is 4.45. The molecule has 0 saturated carbocycles. The first-order valence-corrected chi connectivity index (χ1v) is 8.27. The molecule has 0 amide bonds. The van der Waals surface area contributed by atoms with Gasteiger partial charge in [-0.2, -0.15) is 0 Å². The number of ether oxygens (including phenoxy) is 1. The standard InChI is InChI=1S/C17H27N3O/c1-14(2)13-20-7-3-4-16(20)15-5-6-17(18-12-15)19-8-10-21-11-9-19/h5-6,12,14,16H,3-4,7-11,13H2,1-2H3. The van der Waals surface area contributed by atoms with Gasteiger partial charge in [-0.1, -0.05) is 19.9 Å². The molecule has 3 rings (SSSR count). The molecular formula is C17H27N3O. The minimum atomic E-state index is 0.568. The van der Waals surface area contributed by atoms with Crippen molar-refractivity contribution in [3.05, 3.63) is 23.9 Å². The lowest BCUT2D eigenvalue weighted by atomic mass is 10.1. The average molecular weight is 289 g/mol. The Kier molecular flexibility index (Phi) is 4.76. The molecule has 0 spiro atoms. The lowest BCUT2D eigenvalue weighted by molar-refractivity contribution is 0.122. The van der Waals surface area contributed by atoms with Gasteiger partial charge < -0.3 is 9.64 Å². The van der Waals surface area contributed by atoms with Crippen LogP contribution in [0.15, 0.2) is 18.3 Å². The number of likely N-dealkylation sites (tertiary alicyclic amines) is 1. The smallest absolute Gasteiger partial charge is 0.128 e. The molecule has 3 heterocycles. The van der Waals surface area contributed by atoms with E-state index in [2.05, 4.69) is 42.0 Å². The van der Waals surface area contributed by atoms with Gasteiger partial charge in [0.15, 0.2) is 0 Å². The molecule has 2 fully saturated rings. The second kappa shape index (κ2) is 6.75. The molecule has 1 aromatic heterocycles.